The molecule has 0 aliphatic carbocycles. The van der Waals surface area contributed by atoms with E-state index >= 15 is 0 Å². The first kappa shape index (κ1) is 19.5. The molecule has 0 amide bonds. The van der Waals surface area contributed by atoms with Gasteiger partial charge in [0.15, 0.2) is 0 Å². The lowest BCUT2D eigenvalue weighted by molar-refractivity contribution is -0.213. The molecular formula is C11H13F7O3. The first-order valence-corrected chi connectivity index (χ1v) is 5.81. The lowest BCUT2D eigenvalue weighted by atomic mass is 10.3. The lowest BCUT2D eigenvalue weighted by Gasteiger charge is -2.17. The van der Waals surface area contributed by atoms with Gasteiger partial charge in [0.1, 0.15) is 6.26 Å². The molecule has 0 saturated carbocycles. The van der Waals surface area contributed by atoms with E-state index in [-0.39, 0.29) is 6.42 Å². The van der Waals surface area contributed by atoms with Gasteiger partial charge in [-0.2, -0.15) is 30.7 Å². The van der Waals surface area contributed by atoms with Crippen molar-refractivity contribution < 1.29 is 45.0 Å². The molecular weight excluding hydrogens is 313 g/mol. The van der Waals surface area contributed by atoms with Crippen LogP contribution in [0.4, 0.5) is 30.7 Å². The van der Waals surface area contributed by atoms with Crippen LogP contribution in [0.15, 0.2) is 12.0 Å². The number of hydrogen-bond donors (Lipinski definition) is 0. The lowest BCUT2D eigenvalue weighted by Crippen LogP contribution is -2.36. The minimum absolute atomic E-state index is 0.245. The highest BCUT2D eigenvalue weighted by molar-refractivity contribution is 5.74. The van der Waals surface area contributed by atoms with E-state index in [0.717, 1.165) is 0 Å². The zero-order valence-electron chi connectivity index (χ0n) is 10.9. The fraction of sp³-hybridized carbons (Fsp3) is 0.727. The van der Waals surface area contributed by atoms with Crippen molar-refractivity contribution in [2.24, 2.45) is 0 Å². The Morgan fingerprint density at radius 1 is 1.14 bits per heavy atom. The van der Waals surface area contributed by atoms with Gasteiger partial charge in [-0.15, -0.1) is 0 Å². The topological polar surface area (TPSA) is 35.5 Å². The Hall–Kier alpha value is -1.48. The van der Waals surface area contributed by atoms with Crippen molar-refractivity contribution in [1.82, 2.24) is 0 Å². The van der Waals surface area contributed by atoms with Gasteiger partial charge in [0, 0.05) is 0 Å². The van der Waals surface area contributed by atoms with Gasteiger partial charge in [0.2, 0.25) is 5.76 Å². The van der Waals surface area contributed by atoms with Crippen molar-refractivity contribution in [3.05, 3.63) is 12.0 Å². The quantitative estimate of drug-likeness (QED) is 0.292. The minimum atomic E-state index is -5.47. The Bertz CT molecular complexity index is 360. The fourth-order valence-electron chi connectivity index (χ4n) is 1.11. The maximum Gasteiger partial charge on any atom is 0.452 e. The van der Waals surface area contributed by atoms with Gasteiger partial charge in [-0.25, -0.2) is 0 Å². The van der Waals surface area contributed by atoms with Crippen molar-refractivity contribution in [2.45, 2.75) is 44.6 Å². The molecule has 10 heteroatoms. The van der Waals surface area contributed by atoms with Gasteiger partial charge < -0.3 is 9.47 Å². The Kier molecular flexibility index (Phi) is 7.51. The third kappa shape index (κ3) is 7.76. The van der Waals surface area contributed by atoms with Crippen LogP contribution in [0, 0.1) is 0 Å². The van der Waals surface area contributed by atoms with E-state index < -0.39 is 43.1 Å². The van der Waals surface area contributed by atoms with Crippen LogP contribution < -0.4 is 0 Å². The number of alkyl halides is 6. The molecule has 124 valence electrons. The normalized spacial score (nSPS) is 14.8. The van der Waals surface area contributed by atoms with E-state index in [0.29, 0.717) is 12.8 Å². The van der Waals surface area contributed by atoms with Crippen molar-refractivity contribution in [1.29, 1.82) is 0 Å². The zero-order chi connectivity index (χ0) is 16.7. The third-order valence-corrected chi connectivity index (χ3v) is 2.10. The van der Waals surface area contributed by atoms with Crippen molar-refractivity contribution in [2.75, 3.05) is 6.61 Å². The molecule has 0 aromatic carbocycles. The summed E-state index contributed by atoms with van der Waals surface area (Å²) < 4.78 is 93.7. The molecule has 0 saturated heterocycles. The Morgan fingerprint density at radius 2 is 1.71 bits per heavy atom. The van der Waals surface area contributed by atoms with Crippen LogP contribution in [0.25, 0.3) is 0 Å². The van der Waals surface area contributed by atoms with Crippen LogP contribution in [-0.2, 0) is 14.3 Å². The highest BCUT2D eigenvalue weighted by Gasteiger charge is 2.48. The van der Waals surface area contributed by atoms with Crippen LogP contribution in [0.3, 0.4) is 0 Å². The molecule has 0 rings (SSSR count). The van der Waals surface area contributed by atoms with E-state index in [1.54, 1.807) is 6.92 Å². The molecule has 3 nitrogen and oxygen atoms in total. The predicted octanol–water partition coefficient (Wildman–Crippen LogP) is 4.04. The largest absolute Gasteiger partial charge is 0.487 e. The van der Waals surface area contributed by atoms with E-state index in [4.69, 9.17) is 0 Å². The fourth-order valence-corrected chi connectivity index (χ4v) is 1.11. The third-order valence-electron chi connectivity index (χ3n) is 2.10. The van der Waals surface area contributed by atoms with Gasteiger partial charge in [-0.1, -0.05) is 19.8 Å². The molecule has 0 radical (unpaired) electrons. The predicted molar refractivity (Wildman–Crippen MR) is 56.7 cm³/mol. The molecule has 0 aliphatic heterocycles. The van der Waals surface area contributed by atoms with Gasteiger partial charge in [0.25, 0.3) is 6.10 Å². The van der Waals surface area contributed by atoms with Crippen LogP contribution >= 0.6 is 0 Å². The number of unbranched alkanes of at least 4 members (excludes halogenated alkanes) is 2. The molecule has 21 heavy (non-hydrogen) atoms. The summed E-state index contributed by atoms with van der Waals surface area (Å²) in [6, 6.07) is -2.95. The minimum Gasteiger partial charge on any atom is -0.487 e. The van der Waals surface area contributed by atoms with E-state index in [1.807, 2.05) is 0 Å². The molecule has 0 heterocycles. The maximum absolute atomic E-state index is 12.4. The second-order valence-corrected chi connectivity index (χ2v) is 3.90. The molecule has 1 atom stereocenters. The Balaban J connectivity index is 4.87. The zero-order valence-corrected chi connectivity index (χ0v) is 10.9. The van der Waals surface area contributed by atoms with Gasteiger partial charge in [-0.3, -0.25) is 4.79 Å². The summed E-state index contributed by atoms with van der Waals surface area (Å²) in [5.41, 5.74) is 0. The van der Waals surface area contributed by atoms with Crippen molar-refractivity contribution in [3.63, 3.8) is 0 Å². The van der Waals surface area contributed by atoms with Gasteiger partial charge >= 0.3 is 18.4 Å². The maximum atomic E-state index is 12.4. The second kappa shape index (κ2) is 8.08. The number of halogens is 7. The standard InChI is InChI=1S/C11H13F7O3/c1-2-3-4-5-20-7(10(13,14)15)6-21-8(9(12)19)11(16,17)18/h6,8H,2-5H2,1H3. The molecule has 0 fully saturated rings. The summed E-state index contributed by atoms with van der Waals surface area (Å²) in [5, 5.41) is 0. The van der Waals surface area contributed by atoms with Crippen LogP contribution in [0.5, 0.6) is 0 Å². The summed E-state index contributed by atoms with van der Waals surface area (Å²) >= 11 is 0. The van der Waals surface area contributed by atoms with E-state index in [9.17, 15) is 35.5 Å². The van der Waals surface area contributed by atoms with Crippen LogP contribution in [0.2, 0.25) is 0 Å². The number of hydrogen-bond acceptors (Lipinski definition) is 3. The SMILES string of the molecule is CCCCCOC(=COC(C(=O)F)C(F)(F)F)C(F)(F)F. The second-order valence-electron chi connectivity index (χ2n) is 3.90. The molecule has 0 aromatic heterocycles. The molecule has 1 unspecified atom stereocenters. The molecule has 0 aromatic rings. The number of carbonyl (C=O) groups excluding carboxylic acids is 1. The summed E-state index contributed by atoms with van der Waals surface area (Å²) in [4.78, 5) is 10.1. The number of rotatable bonds is 8. The van der Waals surface area contributed by atoms with E-state index in [2.05, 4.69) is 9.47 Å². The van der Waals surface area contributed by atoms with Crippen molar-refractivity contribution >= 4 is 6.04 Å². The average Bonchev–Trinajstić information content (AvgIpc) is 2.28. The number of carbonyl (C=O) groups is 1. The van der Waals surface area contributed by atoms with Crippen molar-refractivity contribution in [3.8, 4) is 0 Å². The summed E-state index contributed by atoms with van der Waals surface area (Å²) in [6.07, 6.45) is -13.2. The smallest absolute Gasteiger partial charge is 0.452 e. The van der Waals surface area contributed by atoms with Crippen LogP contribution in [0.1, 0.15) is 26.2 Å². The summed E-state index contributed by atoms with van der Waals surface area (Å²) in [7, 11) is 0. The average molecular weight is 326 g/mol. The van der Waals surface area contributed by atoms with Gasteiger partial charge in [0.05, 0.1) is 6.61 Å². The molecule has 0 aliphatic rings. The summed E-state index contributed by atoms with van der Waals surface area (Å²) in [5.74, 6) is -1.87. The Labute approximate surface area is 115 Å². The van der Waals surface area contributed by atoms with E-state index in [1.165, 1.54) is 0 Å². The Morgan fingerprint density at radius 3 is 2.10 bits per heavy atom. The van der Waals surface area contributed by atoms with Gasteiger partial charge in [-0.05, 0) is 6.42 Å². The summed E-state index contributed by atoms with van der Waals surface area (Å²) in [6.45, 7) is 1.38. The molecule has 0 N–H and O–H groups in total. The number of allylic oxidation sites excluding steroid dienone is 1. The first-order chi connectivity index (χ1) is 9.50. The molecule has 0 spiro atoms. The first-order valence-electron chi connectivity index (χ1n) is 5.81. The molecule has 0 bridgehead atoms. The monoisotopic (exact) mass is 326 g/mol. The number of ether oxygens (including phenoxy) is 2. The van der Waals surface area contributed by atoms with Crippen LogP contribution in [-0.4, -0.2) is 31.1 Å². The highest BCUT2D eigenvalue weighted by Crippen LogP contribution is 2.29. The highest BCUT2D eigenvalue weighted by atomic mass is 19.4.